The molecule has 26 nitrogen and oxygen atoms in total. The fourth-order valence-electron chi connectivity index (χ4n) is 11.0. The van der Waals surface area contributed by atoms with Crippen molar-refractivity contribution in [1.82, 2.24) is 24.8 Å². The zero-order valence-corrected chi connectivity index (χ0v) is 69.6. The summed E-state index contributed by atoms with van der Waals surface area (Å²) in [5.74, 6) is 1.01. The molecule has 620 valence electrons. The third kappa shape index (κ3) is 35.0. The lowest BCUT2D eigenvalue weighted by atomic mass is 9.76. The van der Waals surface area contributed by atoms with E-state index in [-0.39, 0.29) is 54.3 Å². The monoisotopic (exact) mass is 1700 g/mol. The number of sulfonamides is 2. The number of nitrogen functional groups attached to an aromatic ring is 4. The maximum absolute atomic E-state index is 12.7. The fraction of sp³-hybridized carbons (Fsp3) is 0.586. The van der Waals surface area contributed by atoms with Crippen LogP contribution in [0.4, 0.5) is 82.2 Å². The van der Waals surface area contributed by atoms with Gasteiger partial charge in [-0.2, -0.15) is 26.3 Å². The lowest BCUT2D eigenvalue weighted by Crippen LogP contribution is -2.41. The van der Waals surface area contributed by atoms with Crippen LogP contribution in [0.2, 0.25) is 10.0 Å². The van der Waals surface area contributed by atoms with Crippen molar-refractivity contribution in [2.24, 2.45) is 11.8 Å². The number of rotatable bonds is 17. The highest BCUT2D eigenvalue weighted by atomic mass is 35.7. The molecule has 40 heteroatoms. The van der Waals surface area contributed by atoms with E-state index in [1.54, 1.807) is 42.5 Å². The second-order valence-electron chi connectivity index (χ2n) is 26.3. The highest BCUT2D eigenvalue weighted by molar-refractivity contribution is 8.13. The van der Waals surface area contributed by atoms with E-state index >= 15 is 0 Å². The number of anilines is 8. The Labute approximate surface area is 663 Å². The predicted molar refractivity (Wildman–Crippen MR) is 429 cm³/mol. The number of benzene rings is 2. The number of nitrogens with zero attached hydrogens (tertiary/aromatic N) is 7. The van der Waals surface area contributed by atoms with Crippen LogP contribution in [0.3, 0.4) is 0 Å². The fourth-order valence-corrected chi connectivity index (χ4v) is 15.5. The zero-order chi connectivity index (χ0) is 83.2. The summed E-state index contributed by atoms with van der Waals surface area (Å²) in [6, 6.07) is 19.2. The van der Waals surface area contributed by atoms with Gasteiger partial charge in [0.25, 0.3) is 0 Å². The molecule has 2 aromatic carbocycles. The normalized spacial score (nSPS) is 17.8. The molecule has 2 atom stereocenters. The van der Waals surface area contributed by atoms with Crippen molar-refractivity contribution in [3.63, 3.8) is 0 Å². The van der Waals surface area contributed by atoms with Gasteiger partial charge in [0, 0.05) is 136 Å². The molecule has 10 N–H and O–H groups in total. The second-order valence-corrected chi connectivity index (χ2v) is 34.5. The number of nitrogens with two attached hydrogens (primary N) is 4. The maximum Gasteiger partial charge on any atom is 0.495 e. The van der Waals surface area contributed by atoms with Crippen molar-refractivity contribution in [3.8, 4) is 11.1 Å². The minimum atomic E-state index is -4.25. The summed E-state index contributed by atoms with van der Waals surface area (Å²) in [6.45, 7) is 30.2. The molecule has 5 aromatic rings. The van der Waals surface area contributed by atoms with Crippen LogP contribution in [0, 0.1) is 25.7 Å². The topological polar surface area (TPSA) is 362 Å². The van der Waals surface area contributed by atoms with E-state index < -0.39 is 96.5 Å². The molecule has 5 saturated heterocycles. The number of urea groups is 2. The molecule has 5 aliphatic heterocycles. The number of halogens is 10. The summed E-state index contributed by atoms with van der Waals surface area (Å²) in [6.07, 6.45) is -7.99. The third-order valence-electron chi connectivity index (χ3n) is 16.9. The molecule has 110 heavy (non-hydrogen) atoms. The van der Waals surface area contributed by atoms with Crippen LogP contribution in [-0.2, 0) is 52.6 Å². The van der Waals surface area contributed by atoms with Gasteiger partial charge in [-0.25, -0.2) is 49.8 Å². The number of likely N-dealkylation sites (tertiary alicyclic amines) is 2. The van der Waals surface area contributed by atoms with E-state index in [1.807, 2.05) is 89.2 Å². The Morgan fingerprint density at radius 2 is 0.973 bits per heavy atom. The molecule has 0 bridgehead atoms. The number of hydrogen-bond acceptors (Lipinski definition) is 20. The van der Waals surface area contributed by atoms with Gasteiger partial charge < -0.3 is 66.9 Å². The summed E-state index contributed by atoms with van der Waals surface area (Å²) >= 11 is 16.5. The Morgan fingerprint density at radius 1 is 0.591 bits per heavy atom. The van der Waals surface area contributed by atoms with Gasteiger partial charge in [0.05, 0.1) is 28.5 Å². The molecule has 5 fully saturated rings. The van der Waals surface area contributed by atoms with Gasteiger partial charge in [0.1, 0.15) is 34.9 Å². The van der Waals surface area contributed by atoms with Crippen LogP contribution in [-0.4, -0.2) is 195 Å². The van der Waals surface area contributed by atoms with Gasteiger partial charge in [-0.15, -0.1) is 11.6 Å². The Kier molecular flexibility index (Phi) is 40.5. The molecular weight excluding hydrogens is 1590 g/mol. The number of nitrogens with one attached hydrogen (secondary N) is 2. The average Bonchev–Trinajstić information content (AvgIpc) is 1.61. The predicted octanol–water partition coefficient (Wildman–Crippen LogP) is 14.2. The molecule has 10 rings (SSSR count). The van der Waals surface area contributed by atoms with Crippen molar-refractivity contribution < 1.29 is 84.7 Å². The van der Waals surface area contributed by atoms with Crippen LogP contribution >= 0.6 is 45.5 Å². The SMILES string of the molecule is CCOCC.CCOCC.CCOCC.Cc1ccc(NC(=O)N2CC[C@@H](CC(F)(F)F)C2)cc1-c1cc(N)nc(N2CCCS2(=O)=O)c1.Cc1ccc(NC(=O)N2CC[C@@H](CC(F)(F)F)C2)cc1B1OC(C)(C)C(C)(C)O1.Nc1cc(Cl)cc(N)n1.Nc1cc(Cl)cc(N2CCCS2(=O)=O)n1.O=S(=O)(Cl)CCCCl. The third-order valence-corrected chi connectivity index (χ3v) is 22.6. The molecular formula is C70H106BCl4F6N13O13S3. The quantitative estimate of drug-likeness (QED) is 0.0218. The molecule has 5 aliphatic rings. The van der Waals surface area contributed by atoms with Gasteiger partial charge in [-0.1, -0.05) is 40.9 Å². The molecule has 0 spiro atoms. The molecule has 8 heterocycles. The smallest absolute Gasteiger partial charge is 0.399 e. The minimum absolute atomic E-state index is 0.0297. The number of hydrogen-bond donors (Lipinski definition) is 6. The van der Waals surface area contributed by atoms with E-state index in [1.165, 1.54) is 42.7 Å². The first-order valence-corrected chi connectivity index (χ1v) is 42.6. The van der Waals surface area contributed by atoms with E-state index in [4.69, 9.17) is 91.9 Å². The van der Waals surface area contributed by atoms with Crippen molar-refractivity contribution in [2.45, 2.75) is 152 Å². The molecule has 0 unspecified atom stereocenters. The van der Waals surface area contributed by atoms with E-state index in [0.717, 1.165) is 61.8 Å². The summed E-state index contributed by atoms with van der Waals surface area (Å²) in [4.78, 5) is 39.8. The lowest BCUT2D eigenvalue weighted by molar-refractivity contribution is -0.144. The van der Waals surface area contributed by atoms with Crippen LogP contribution < -0.4 is 47.6 Å². The lowest BCUT2D eigenvalue weighted by Gasteiger charge is -2.32. The Morgan fingerprint density at radius 3 is 1.32 bits per heavy atom. The first-order valence-electron chi connectivity index (χ1n) is 35.6. The van der Waals surface area contributed by atoms with E-state index in [9.17, 15) is 61.2 Å². The number of aryl methyl sites for hydroxylation is 2. The summed E-state index contributed by atoms with van der Waals surface area (Å²) in [7, 11) is -5.68. The van der Waals surface area contributed by atoms with Crippen molar-refractivity contribution in [2.75, 3.05) is 144 Å². The summed E-state index contributed by atoms with van der Waals surface area (Å²) in [5, 5.41) is 6.45. The van der Waals surface area contributed by atoms with Gasteiger partial charge in [-0.3, -0.25) is 8.61 Å². The van der Waals surface area contributed by atoms with Crippen molar-refractivity contribution in [3.05, 3.63) is 94.0 Å². The van der Waals surface area contributed by atoms with E-state index in [2.05, 4.69) is 25.6 Å². The minimum Gasteiger partial charge on any atom is -0.399 e. The average molecular weight is 1700 g/mol. The van der Waals surface area contributed by atoms with E-state index in [0.29, 0.717) is 102 Å². The number of ether oxygens (including phenoxy) is 3. The Bertz CT molecular complexity index is 3970. The maximum atomic E-state index is 12.7. The summed E-state index contributed by atoms with van der Waals surface area (Å²) < 4.78 is 173. The standard InChI is InChI=1S/C22H26F3N5O3S.C20H28BF3N2O3.C8H10ClN3O2S.C5H6ClN3.3C4H10O.C3H6Cl2O2S/c1-14-3-4-17(27-21(31)29-7-5-15(13-29)12-22(23,24)25)11-18(14)16-9-19(26)28-20(10-16)30-6-2-8-34(30,32)33;1-13-6-7-15(10-16(13)21-28-18(2,3)19(4,5)29-21)25-17(27)26-9-8-14(12-26)11-20(22,23)24;9-6-4-7(10)11-8(5-6)12-2-1-3-15(12,13)14;6-3-1-4(7)9-5(8)2-3;3*1-3-5-4-2;4-2-1-3-8(5,6)7/h3-4,9-11,15H,2,5-8,12-13H2,1H3,(H2,26,28)(H,27,31);6-7,10,14H,8-9,11-12H2,1-5H3,(H,25,27);4-5H,1-3H2,(H2,10,11);1-2H,(H4,7,8,9);3*3-4H2,1-2H3;1-3H2/t15-;14-;;;;;;/m00....../s1. The van der Waals surface area contributed by atoms with Crippen LogP contribution in [0.15, 0.2) is 72.8 Å². The highest BCUT2D eigenvalue weighted by Gasteiger charge is 2.52. The summed E-state index contributed by atoms with van der Waals surface area (Å²) in [5.41, 5.74) is 26.1. The van der Waals surface area contributed by atoms with Crippen molar-refractivity contribution >= 4 is 146 Å². The second kappa shape index (κ2) is 45.5. The Balaban J connectivity index is 0.000000367. The number of pyridine rings is 3. The molecule has 4 amide bonds. The molecule has 0 saturated carbocycles. The zero-order valence-electron chi connectivity index (χ0n) is 64.2. The first kappa shape index (κ1) is 97.9. The number of amides is 4. The number of carbonyl (C=O) groups excluding carboxylic acids is 2. The highest BCUT2D eigenvalue weighted by Crippen LogP contribution is 2.39. The number of carbonyl (C=O) groups is 2. The van der Waals surface area contributed by atoms with Gasteiger partial charge >= 0.3 is 31.5 Å². The van der Waals surface area contributed by atoms with Gasteiger partial charge in [-0.05, 0) is 204 Å². The first-order chi connectivity index (χ1) is 51.2. The largest absolute Gasteiger partial charge is 0.495 e. The van der Waals surface area contributed by atoms with Crippen molar-refractivity contribution in [1.29, 1.82) is 0 Å². The molecule has 3 aromatic heterocycles. The van der Waals surface area contributed by atoms with Crippen LogP contribution in [0.5, 0.6) is 0 Å². The molecule has 0 aliphatic carbocycles. The van der Waals surface area contributed by atoms with Gasteiger partial charge in [0.2, 0.25) is 29.1 Å². The van der Waals surface area contributed by atoms with Crippen LogP contribution in [0.25, 0.3) is 11.1 Å². The van der Waals surface area contributed by atoms with Gasteiger partial charge in [0.15, 0.2) is 0 Å². The Hall–Kier alpha value is -6.32. The number of aromatic nitrogens is 3. The molecule has 0 radical (unpaired) electrons. The number of alkyl halides is 7. The van der Waals surface area contributed by atoms with Crippen LogP contribution in [0.1, 0.15) is 125 Å².